The minimum atomic E-state index is -3.64. The molecular weight excluding hydrogens is 392 g/mol. The molecule has 0 aliphatic heterocycles. The predicted octanol–water partition coefficient (Wildman–Crippen LogP) is 3.22. The number of anilines is 2. The number of hydrogen-bond donors (Lipinski definition) is 1. The lowest BCUT2D eigenvalue weighted by molar-refractivity contribution is -0.117. The maximum atomic E-state index is 12.7. The second kappa shape index (κ2) is 9.33. The third-order valence-corrected chi connectivity index (χ3v) is 6.76. The normalized spacial score (nSPS) is 12.6. The molecule has 1 N–H and O–H groups in total. The van der Waals surface area contributed by atoms with Gasteiger partial charge in [-0.15, -0.1) is 10.2 Å². The lowest BCUT2D eigenvalue weighted by atomic mass is 10.2. The molecule has 1 aromatic heterocycles. The van der Waals surface area contributed by atoms with Gasteiger partial charge in [-0.2, -0.15) is 0 Å². The van der Waals surface area contributed by atoms with E-state index in [9.17, 15) is 13.2 Å². The van der Waals surface area contributed by atoms with Gasteiger partial charge in [-0.25, -0.2) is 8.42 Å². The van der Waals surface area contributed by atoms with Gasteiger partial charge in [0.2, 0.25) is 21.1 Å². The molecule has 0 radical (unpaired) electrons. The fourth-order valence-electron chi connectivity index (χ4n) is 2.33. The van der Waals surface area contributed by atoms with E-state index in [0.717, 1.165) is 27.1 Å². The highest BCUT2D eigenvalue weighted by Gasteiger charge is 2.31. The molecule has 10 heteroatoms. The summed E-state index contributed by atoms with van der Waals surface area (Å²) in [6.45, 7) is 3.85. The zero-order valence-corrected chi connectivity index (χ0v) is 17.3. The predicted molar refractivity (Wildman–Crippen MR) is 107 cm³/mol. The van der Waals surface area contributed by atoms with Gasteiger partial charge >= 0.3 is 0 Å². The van der Waals surface area contributed by atoms with Gasteiger partial charge in [0, 0.05) is 5.75 Å². The highest BCUT2D eigenvalue weighted by molar-refractivity contribution is 8.01. The zero-order valence-electron chi connectivity index (χ0n) is 14.9. The molecule has 1 amide bonds. The Morgan fingerprint density at radius 1 is 1.27 bits per heavy atom. The van der Waals surface area contributed by atoms with Crippen LogP contribution in [0.2, 0.25) is 0 Å². The summed E-state index contributed by atoms with van der Waals surface area (Å²) >= 11 is 2.86. The van der Waals surface area contributed by atoms with Crippen molar-refractivity contribution in [2.75, 3.05) is 21.6 Å². The number of amides is 1. The lowest BCUT2D eigenvalue weighted by Gasteiger charge is -2.29. The molecule has 0 aliphatic rings. The van der Waals surface area contributed by atoms with Gasteiger partial charge in [0.1, 0.15) is 6.04 Å². The number of thioether (sulfide) groups is 1. The third-order valence-electron chi connectivity index (χ3n) is 3.41. The van der Waals surface area contributed by atoms with Crippen molar-refractivity contribution in [3.63, 3.8) is 0 Å². The van der Waals surface area contributed by atoms with E-state index in [-0.39, 0.29) is 0 Å². The van der Waals surface area contributed by atoms with Crippen LogP contribution in [0.3, 0.4) is 0 Å². The van der Waals surface area contributed by atoms with Gasteiger partial charge in [0.05, 0.1) is 11.9 Å². The van der Waals surface area contributed by atoms with E-state index in [1.54, 1.807) is 49.0 Å². The summed E-state index contributed by atoms with van der Waals surface area (Å²) in [7, 11) is -3.64. The van der Waals surface area contributed by atoms with Crippen molar-refractivity contribution in [2.45, 2.75) is 37.1 Å². The average Bonchev–Trinajstić information content (AvgIpc) is 3.04. The van der Waals surface area contributed by atoms with Gasteiger partial charge in [-0.1, -0.05) is 55.1 Å². The number of carbonyl (C=O) groups excluding carboxylic acids is 1. The molecule has 0 bridgehead atoms. The van der Waals surface area contributed by atoms with E-state index in [4.69, 9.17) is 0 Å². The molecule has 26 heavy (non-hydrogen) atoms. The minimum Gasteiger partial charge on any atom is -0.299 e. The Hall–Kier alpha value is -1.65. The fourth-order valence-corrected chi connectivity index (χ4v) is 5.22. The second-order valence-corrected chi connectivity index (χ2v) is 9.71. The third kappa shape index (κ3) is 5.42. The lowest BCUT2D eigenvalue weighted by Crippen LogP contribution is -2.46. The molecule has 0 saturated carbocycles. The van der Waals surface area contributed by atoms with E-state index >= 15 is 0 Å². The summed E-state index contributed by atoms with van der Waals surface area (Å²) in [6, 6.07) is 7.73. The number of hydrogen-bond acceptors (Lipinski definition) is 7. The Labute approximate surface area is 162 Å². The summed E-state index contributed by atoms with van der Waals surface area (Å²) in [5, 5.41) is 11.1. The average molecular weight is 415 g/mol. The summed E-state index contributed by atoms with van der Waals surface area (Å²) in [5.74, 6) is 0.501. The van der Waals surface area contributed by atoms with Crippen molar-refractivity contribution in [3.05, 3.63) is 30.3 Å². The van der Waals surface area contributed by atoms with Gasteiger partial charge in [-0.05, 0) is 25.0 Å². The van der Waals surface area contributed by atoms with E-state index in [2.05, 4.69) is 22.4 Å². The first kappa shape index (κ1) is 20.7. The van der Waals surface area contributed by atoms with Crippen LogP contribution in [0.25, 0.3) is 0 Å². The number of para-hydroxylation sites is 1. The van der Waals surface area contributed by atoms with Crippen LogP contribution in [-0.2, 0) is 14.8 Å². The van der Waals surface area contributed by atoms with Gasteiger partial charge in [0.15, 0.2) is 4.34 Å². The number of rotatable bonds is 9. The second-order valence-electron chi connectivity index (χ2n) is 5.53. The van der Waals surface area contributed by atoms with Gasteiger partial charge in [-0.3, -0.25) is 14.4 Å². The van der Waals surface area contributed by atoms with Crippen LogP contribution in [0.5, 0.6) is 0 Å². The van der Waals surface area contributed by atoms with Crippen molar-refractivity contribution in [1.29, 1.82) is 0 Å². The molecule has 0 fully saturated rings. The standard InChI is InChI=1S/C16H22N4O3S3/c1-4-11-24-16-19-18-15(25-16)17-14(21)13(5-2)20(26(3,22)23)12-9-7-6-8-10-12/h6-10,13H,4-5,11H2,1-3H3,(H,17,18,21). The highest BCUT2D eigenvalue weighted by Crippen LogP contribution is 2.27. The first-order valence-corrected chi connectivity index (χ1v) is 11.8. The van der Waals surface area contributed by atoms with Crippen LogP contribution in [-0.4, -0.2) is 42.6 Å². The van der Waals surface area contributed by atoms with Crippen LogP contribution in [0.15, 0.2) is 34.7 Å². The Balaban J connectivity index is 2.21. The summed E-state index contributed by atoms with van der Waals surface area (Å²) in [4.78, 5) is 12.7. The molecule has 1 heterocycles. The molecule has 1 aromatic carbocycles. The van der Waals surface area contributed by atoms with Crippen LogP contribution in [0.4, 0.5) is 10.8 Å². The van der Waals surface area contributed by atoms with Crippen molar-refractivity contribution < 1.29 is 13.2 Å². The molecule has 0 spiro atoms. The number of carbonyl (C=O) groups is 1. The van der Waals surface area contributed by atoms with Crippen molar-refractivity contribution >= 4 is 49.8 Å². The molecule has 0 aliphatic carbocycles. The molecule has 2 rings (SSSR count). The first-order chi connectivity index (χ1) is 12.4. The Morgan fingerprint density at radius 2 is 1.96 bits per heavy atom. The fraction of sp³-hybridized carbons (Fsp3) is 0.438. The highest BCUT2D eigenvalue weighted by atomic mass is 32.2. The maximum Gasteiger partial charge on any atom is 0.250 e. The Kier molecular flexibility index (Phi) is 7.42. The van der Waals surface area contributed by atoms with Crippen LogP contribution >= 0.6 is 23.1 Å². The van der Waals surface area contributed by atoms with Gasteiger partial charge < -0.3 is 0 Å². The first-order valence-electron chi connectivity index (χ1n) is 8.18. The summed E-state index contributed by atoms with van der Waals surface area (Å²) in [5.41, 5.74) is 0.452. The summed E-state index contributed by atoms with van der Waals surface area (Å²) < 4.78 is 26.6. The minimum absolute atomic E-state index is 0.323. The number of benzene rings is 1. The topological polar surface area (TPSA) is 92.3 Å². The summed E-state index contributed by atoms with van der Waals surface area (Å²) in [6.07, 6.45) is 2.44. The van der Waals surface area contributed by atoms with Crippen LogP contribution < -0.4 is 9.62 Å². The Bertz CT molecular complexity index is 824. The number of nitrogens with zero attached hydrogens (tertiary/aromatic N) is 3. The number of aromatic nitrogens is 2. The number of nitrogens with one attached hydrogen (secondary N) is 1. The molecule has 2 aromatic rings. The van der Waals surface area contributed by atoms with Crippen molar-refractivity contribution in [3.8, 4) is 0 Å². The molecular formula is C16H22N4O3S3. The van der Waals surface area contributed by atoms with Crippen LogP contribution in [0, 0.1) is 0 Å². The zero-order chi connectivity index (χ0) is 19.2. The van der Waals surface area contributed by atoms with E-state index < -0.39 is 22.0 Å². The number of sulfonamides is 1. The van der Waals surface area contributed by atoms with E-state index in [1.807, 2.05) is 0 Å². The van der Waals surface area contributed by atoms with Crippen LogP contribution in [0.1, 0.15) is 26.7 Å². The maximum absolute atomic E-state index is 12.7. The molecule has 0 saturated heterocycles. The molecule has 1 unspecified atom stereocenters. The molecule has 142 valence electrons. The Morgan fingerprint density at radius 3 is 2.54 bits per heavy atom. The van der Waals surface area contributed by atoms with E-state index in [0.29, 0.717) is 17.2 Å². The van der Waals surface area contributed by atoms with Crippen molar-refractivity contribution in [1.82, 2.24) is 10.2 Å². The van der Waals surface area contributed by atoms with E-state index in [1.165, 1.54) is 11.3 Å². The van der Waals surface area contributed by atoms with Gasteiger partial charge in [0.25, 0.3) is 0 Å². The largest absolute Gasteiger partial charge is 0.299 e. The molecule has 1 atom stereocenters. The SMILES string of the molecule is CCCSc1nnc(NC(=O)C(CC)N(c2ccccc2)S(C)(=O)=O)s1. The monoisotopic (exact) mass is 414 g/mol. The molecule has 7 nitrogen and oxygen atoms in total. The van der Waals surface area contributed by atoms with Crippen molar-refractivity contribution in [2.24, 2.45) is 0 Å². The quantitative estimate of drug-likeness (QED) is 0.500. The smallest absolute Gasteiger partial charge is 0.250 e.